The average molecular weight is 268 g/mol. The number of hydrogen-bond acceptors (Lipinski definition) is 3. The number of rotatable bonds is 5. The molecule has 19 heavy (non-hydrogen) atoms. The van der Waals surface area contributed by atoms with E-state index in [1.807, 2.05) is 4.90 Å². The molecule has 1 heterocycles. The van der Waals surface area contributed by atoms with Crippen molar-refractivity contribution in [1.29, 1.82) is 0 Å². The van der Waals surface area contributed by atoms with Gasteiger partial charge >= 0.3 is 0 Å². The number of amides is 1. The highest BCUT2D eigenvalue weighted by atomic mass is 16.3. The van der Waals surface area contributed by atoms with Crippen molar-refractivity contribution in [3.05, 3.63) is 0 Å². The van der Waals surface area contributed by atoms with Crippen molar-refractivity contribution in [1.82, 2.24) is 10.2 Å². The Balaban J connectivity index is 2.10. The summed E-state index contributed by atoms with van der Waals surface area (Å²) in [6.07, 6.45) is 8.79. The van der Waals surface area contributed by atoms with E-state index < -0.39 is 0 Å². The van der Waals surface area contributed by atoms with Gasteiger partial charge in [0, 0.05) is 12.6 Å². The Morgan fingerprint density at radius 3 is 2.58 bits per heavy atom. The molecule has 0 bridgehead atoms. The molecule has 2 rings (SSSR count). The largest absolute Gasteiger partial charge is 0.395 e. The summed E-state index contributed by atoms with van der Waals surface area (Å²) in [6, 6.07) is 0.347. The van der Waals surface area contributed by atoms with Crippen molar-refractivity contribution in [2.75, 3.05) is 19.7 Å². The summed E-state index contributed by atoms with van der Waals surface area (Å²) in [4.78, 5) is 14.9. The molecule has 110 valence electrons. The Hall–Kier alpha value is -0.610. The molecule has 0 aromatic carbocycles. The minimum Gasteiger partial charge on any atom is -0.395 e. The molecule has 0 aromatic rings. The van der Waals surface area contributed by atoms with Crippen LogP contribution in [0, 0.1) is 0 Å². The van der Waals surface area contributed by atoms with E-state index in [1.54, 1.807) is 0 Å². The molecule has 1 amide bonds. The molecular weight excluding hydrogens is 240 g/mol. The predicted octanol–water partition coefficient (Wildman–Crippen LogP) is 1.67. The molecule has 4 nitrogen and oxygen atoms in total. The highest BCUT2D eigenvalue weighted by molar-refractivity contribution is 5.87. The SMILES string of the molecule is CCC1(C(=O)N(CCO)C2CCCCC2)CCCN1. The summed E-state index contributed by atoms with van der Waals surface area (Å²) in [7, 11) is 0. The molecular formula is C15H28N2O2. The van der Waals surface area contributed by atoms with Gasteiger partial charge in [-0.05, 0) is 38.6 Å². The second-order valence-electron chi connectivity index (χ2n) is 5.98. The second-order valence-corrected chi connectivity index (χ2v) is 5.98. The maximum atomic E-state index is 12.9. The summed E-state index contributed by atoms with van der Waals surface area (Å²) in [5.74, 6) is 0.230. The molecule has 0 spiro atoms. The van der Waals surface area contributed by atoms with Crippen molar-refractivity contribution in [2.24, 2.45) is 0 Å². The van der Waals surface area contributed by atoms with Crippen LogP contribution >= 0.6 is 0 Å². The third kappa shape index (κ3) is 3.11. The van der Waals surface area contributed by atoms with Gasteiger partial charge in [0.25, 0.3) is 0 Å². The number of carbonyl (C=O) groups excluding carboxylic acids is 1. The average Bonchev–Trinajstić information content (AvgIpc) is 2.95. The Morgan fingerprint density at radius 2 is 2.05 bits per heavy atom. The van der Waals surface area contributed by atoms with Crippen molar-refractivity contribution in [3.8, 4) is 0 Å². The van der Waals surface area contributed by atoms with Crippen LogP contribution in [-0.4, -0.2) is 47.2 Å². The molecule has 1 aliphatic heterocycles. The van der Waals surface area contributed by atoms with Gasteiger partial charge in [0.15, 0.2) is 0 Å². The molecule has 1 saturated heterocycles. The third-order valence-electron chi connectivity index (χ3n) is 4.87. The van der Waals surface area contributed by atoms with Gasteiger partial charge in [0.2, 0.25) is 5.91 Å². The first-order valence-electron chi connectivity index (χ1n) is 7.90. The summed E-state index contributed by atoms with van der Waals surface area (Å²) in [5.41, 5.74) is -0.355. The molecule has 1 atom stereocenters. The van der Waals surface area contributed by atoms with Crippen LogP contribution in [-0.2, 0) is 4.79 Å². The highest BCUT2D eigenvalue weighted by Crippen LogP contribution is 2.29. The van der Waals surface area contributed by atoms with Crippen molar-refractivity contribution in [2.45, 2.75) is 69.9 Å². The molecule has 0 radical (unpaired) electrons. The normalized spacial score (nSPS) is 28.5. The molecule has 2 fully saturated rings. The number of carbonyl (C=O) groups is 1. The quantitative estimate of drug-likeness (QED) is 0.797. The van der Waals surface area contributed by atoms with Crippen molar-refractivity contribution < 1.29 is 9.90 Å². The zero-order valence-corrected chi connectivity index (χ0v) is 12.2. The standard InChI is InChI=1S/C15H28N2O2/c1-2-15(9-6-10-16-15)14(19)17(11-12-18)13-7-4-3-5-8-13/h13,16,18H,2-12H2,1H3. The van der Waals surface area contributed by atoms with Gasteiger partial charge in [0.1, 0.15) is 0 Å². The van der Waals surface area contributed by atoms with Gasteiger partial charge < -0.3 is 15.3 Å². The van der Waals surface area contributed by atoms with Gasteiger partial charge in [-0.1, -0.05) is 26.2 Å². The van der Waals surface area contributed by atoms with Crippen LogP contribution in [0.4, 0.5) is 0 Å². The fraction of sp³-hybridized carbons (Fsp3) is 0.933. The van der Waals surface area contributed by atoms with Crippen LogP contribution < -0.4 is 5.32 Å². The van der Waals surface area contributed by atoms with E-state index in [9.17, 15) is 9.90 Å². The van der Waals surface area contributed by atoms with Gasteiger partial charge in [-0.25, -0.2) is 0 Å². The zero-order chi connectivity index (χ0) is 13.7. The number of nitrogens with zero attached hydrogens (tertiary/aromatic N) is 1. The van der Waals surface area contributed by atoms with Gasteiger partial charge in [-0.3, -0.25) is 4.79 Å². The number of hydrogen-bond donors (Lipinski definition) is 2. The van der Waals surface area contributed by atoms with Crippen molar-refractivity contribution >= 4 is 5.91 Å². The second kappa shape index (κ2) is 6.71. The first kappa shape index (κ1) is 14.8. The van der Waals surface area contributed by atoms with Crippen molar-refractivity contribution in [3.63, 3.8) is 0 Å². The lowest BCUT2D eigenvalue weighted by atomic mass is 9.88. The Kier molecular flexibility index (Phi) is 5.22. The fourth-order valence-corrected chi connectivity index (χ4v) is 3.67. The van der Waals surface area contributed by atoms with E-state index in [0.29, 0.717) is 12.6 Å². The summed E-state index contributed by atoms with van der Waals surface area (Å²) in [6.45, 7) is 3.60. The molecule has 1 aliphatic carbocycles. The predicted molar refractivity (Wildman–Crippen MR) is 75.9 cm³/mol. The Bertz CT molecular complexity index is 295. The van der Waals surface area contributed by atoms with Crippen LogP contribution in [0.2, 0.25) is 0 Å². The molecule has 2 N–H and O–H groups in total. The van der Waals surface area contributed by atoms with Gasteiger partial charge in [-0.2, -0.15) is 0 Å². The van der Waals surface area contributed by atoms with Crippen LogP contribution in [0.25, 0.3) is 0 Å². The van der Waals surface area contributed by atoms with Crippen LogP contribution in [0.5, 0.6) is 0 Å². The number of nitrogens with one attached hydrogen (secondary N) is 1. The van der Waals surface area contributed by atoms with Gasteiger partial charge in [0.05, 0.1) is 12.1 Å². The molecule has 2 aliphatic rings. The number of aliphatic hydroxyl groups excluding tert-OH is 1. The lowest BCUT2D eigenvalue weighted by molar-refractivity contribution is -0.141. The Labute approximate surface area is 116 Å². The lowest BCUT2D eigenvalue weighted by Gasteiger charge is -2.40. The topological polar surface area (TPSA) is 52.6 Å². The maximum absolute atomic E-state index is 12.9. The summed E-state index contributed by atoms with van der Waals surface area (Å²) >= 11 is 0. The zero-order valence-electron chi connectivity index (χ0n) is 12.2. The minimum absolute atomic E-state index is 0.0715. The van der Waals surface area contributed by atoms with Crippen LogP contribution in [0.15, 0.2) is 0 Å². The van der Waals surface area contributed by atoms with E-state index >= 15 is 0 Å². The fourth-order valence-electron chi connectivity index (χ4n) is 3.67. The molecule has 4 heteroatoms. The smallest absolute Gasteiger partial charge is 0.243 e. The van der Waals surface area contributed by atoms with Crippen LogP contribution in [0.3, 0.4) is 0 Å². The van der Waals surface area contributed by atoms with Gasteiger partial charge in [-0.15, -0.1) is 0 Å². The van der Waals surface area contributed by atoms with E-state index in [0.717, 1.165) is 38.6 Å². The summed E-state index contributed by atoms with van der Waals surface area (Å²) in [5, 5.41) is 12.7. The molecule has 0 aromatic heterocycles. The molecule has 1 saturated carbocycles. The van der Waals surface area contributed by atoms with E-state index in [2.05, 4.69) is 12.2 Å². The first-order chi connectivity index (χ1) is 9.23. The van der Waals surface area contributed by atoms with E-state index in [1.165, 1.54) is 19.3 Å². The monoisotopic (exact) mass is 268 g/mol. The summed E-state index contributed by atoms with van der Waals surface area (Å²) < 4.78 is 0. The maximum Gasteiger partial charge on any atom is 0.243 e. The van der Waals surface area contributed by atoms with Crippen LogP contribution in [0.1, 0.15) is 58.3 Å². The lowest BCUT2D eigenvalue weighted by Crippen LogP contribution is -2.58. The van der Waals surface area contributed by atoms with E-state index in [-0.39, 0.29) is 18.1 Å². The highest BCUT2D eigenvalue weighted by Gasteiger charge is 2.43. The third-order valence-corrected chi connectivity index (χ3v) is 4.87. The Morgan fingerprint density at radius 1 is 1.32 bits per heavy atom. The van der Waals surface area contributed by atoms with E-state index in [4.69, 9.17) is 0 Å². The molecule has 1 unspecified atom stereocenters. The first-order valence-corrected chi connectivity index (χ1v) is 7.90. The minimum atomic E-state index is -0.355. The number of aliphatic hydroxyl groups is 1.